The van der Waals surface area contributed by atoms with E-state index in [0.29, 0.717) is 17.9 Å². The Morgan fingerprint density at radius 1 is 1.21 bits per heavy atom. The van der Waals surface area contributed by atoms with Gasteiger partial charge in [0.1, 0.15) is 0 Å². The van der Waals surface area contributed by atoms with E-state index in [9.17, 15) is 4.79 Å². The van der Waals surface area contributed by atoms with E-state index in [1.165, 1.54) is 25.7 Å². The lowest BCUT2D eigenvalue weighted by Crippen LogP contribution is -2.50. The van der Waals surface area contributed by atoms with Gasteiger partial charge in [0.05, 0.1) is 0 Å². The van der Waals surface area contributed by atoms with E-state index < -0.39 is 0 Å². The van der Waals surface area contributed by atoms with Crippen molar-refractivity contribution in [3.63, 3.8) is 0 Å². The maximum Gasteiger partial charge on any atom is 0.222 e. The summed E-state index contributed by atoms with van der Waals surface area (Å²) in [7, 11) is 0. The van der Waals surface area contributed by atoms with E-state index in [-0.39, 0.29) is 0 Å². The number of carbonyl (C=O) groups is 1. The van der Waals surface area contributed by atoms with Crippen LogP contribution >= 0.6 is 0 Å². The van der Waals surface area contributed by atoms with Gasteiger partial charge in [-0.3, -0.25) is 4.79 Å². The number of likely N-dealkylation sites (tertiary alicyclic amines) is 1. The third-order valence-corrected chi connectivity index (χ3v) is 4.16. The van der Waals surface area contributed by atoms with Gasteiger partial charge in [-0.25, -0.2) is 0 Å². The Hall–Kier alpha value is -0.570. The second kappa shape index (κ2) is 9.35. The summed E-state index contributed by atoms with van der Waals surface area (Å²) in [5, 5.41) is 3.60. The maximum atomic E-state index is 12.1. The Morgan fingerprint density at radius 2 is 2.00 bits per heavy atom. The van der Waals surface area contributed by atoms with Crippen molar-refractivity contribution < 1.29 is 4.79 Å². The molecule has 3 nitrogen and oxygen atoms in total. The summed E-state index contributed by atoms with van der Waals surface area (Å²) >= 11 is 0. The topological polar surface area (TPSA) is 32.3 Å². The molecular formula is C16H32N2O. The SMILES string of the molecule is CCCCCCC(=O)N1CCC(NCCC)C(C)C1. The summed E-state index contributed by atoms with van der Waals surface area (Å²) in [6.07, 6.45) is 7.80. The number of amides is 1. The molecule has 1 rings (SSSR count). The van der Waals surface area contributed by atoms with Crippen LogP contribution in [0.4, 0.5) is 0 Å². The van der Waals surface area contributed by atoms with Gasteiger partial charge in [-0.15, -0.1) is 0 Å². The zero-order valence-electron chi connectivity index (χ0n) is 13.1. The van der Waals surface area contributed by atoms with Crippen LogP contribution in [0.5, 0.6) is 0 Å². The normalized spacial score (nSPS) is 23.6. The molecule has 0 aromatic rings. The van der Waals surface area contributed by atoms with Crippen LogP contribution in [0.3, 0.4) is 0 Å². The van der Waals surface area contributed by atoms with Gasteiger partial charge in [-0.1, -0.05) is 40.0 Å². The zero-order valence-corrected chi connectivity index (χ0v) is 13.1. The van der Waals surface area contributed by atoms with Crippen molar-refractivity contribution in [1.29, 1.82) is 0 Å². The molecule has 1 saturated heterocycles. The molecule has 1 amide bonds. The quantitative estimate of drug-likeness (QED) is 0.686. The molecule has 0 saturated carbocycles. The predicted octanol–water partition coefficient (Wildman–Crippen LogP) is 3.19. The van der Waals surface area contributed by atoms with Crippen molar-refractivity contribution in [2.45, 2.75) is 71.8 Å². The minimum atomic E-state index is 0.372. The standard InChI is InChI=1S/C16H32N2O/c1-4-6-7-8-9-16(19)18-12-10-15(14(3)13-18)17-11-5-2/h14-15,17H,4-13H2,1-3H3. The van der Waals surface area contributed by atoms with Crippen LogP contribution in [0.25, 0.3) is 0 Å². The minimum absolute atomic E-state index is 0.372. The molecule has 1 fully saturated rings. The monoisotopic (exact) mass is 268 g/mol. The highest BCUT2D eigenvalue weighted by molar-refractivity contribution is 5.76. The lowest BCUT2D eigenvalue weighted by molar-refractivity contribution is -0.133. The fraction of sp³-hybridized carbons (Fsp3) is 0.938. The fourth-order valence-corrected chi connectivity index (χ4v) is 2.87. The molecule has 1 aliphatic heterocycles. The fourth-order valence-electron chi connectivity index (χ4n) is 2.87. The Bertz CT molecular complexity index is 255. The molecule has 0 aliphatic carbocycles. The average molecular weight is 268 g/mol. The van der Waals surface area contributed by atoms with Crippen LogP contribution in [0, 0.1) is 5.92 Å². The highest BCUT2D eigenvalue weighted by atomic mass is 16.2. The van der Waals surface area contributed by atoms with Gasteiger partial charge in [0.25, 0.3) is 0 Å². The summed E-state index contributed by atoms with van der Waals surface area (Å²) in [5.74, 6) is 0.955. The van der Waals surface area contributed by atoms with E-state index in [1.54, 1.807) is 0 Å². The van der Waals surface area contributed by atoms with Gasteiger partial charge < -0.3 is 10.2 Å². The van der Waals surface area contributed by atoms with Crippen LogP contribution < -0.4 is 5.32 Å². The molecule has 0 radical (unpaired) electrons. The molecule has 0 spiro atoms. The number of nitrogens with zero attached hydrogens (tertiary/aromatic N) is 1. The molecule has 19 heavy (non-hydrogen) atoms. The first-order chi connectivity index (χ1) is 9.19. The van der Waals surface area contributed by atoms with E-state index in [0.717, 1.165) is 38.9 Å². The van der Waals surface area contributed by atoms with Crippen LogP contribution in [0.15, 0.2) is 0 Å². The van der Waals surface area contributed by atoms with Gasteiger partial charge in [-0.2, -0.15) is 0 Å². The van der Waals surface area contributed by atoms with Crippen molar-refractivity contribution in [1.82, 2.24) is 10.2 Å². The molecular weight excluding hydrogens is 236 g/mol. The average Bonchev–Trinajstić information content (AvgIpc) is 2.42. The first-order valence-electron chi connectivity index (χ1n) is 8.20. The Balaban J connectivity index is 2.24. The second-order valence-corrected chi connectivity index (χ2v) is 5.98. The Kier molecular flexibility index (Phi) is 8.11. The largest absolute Gasteiger partial charge is 0.342 e. The summed E-state index contributed by atoms with van der Waals surface area (Å²) in [5.41, 5.74) is 0. The number of hydrogen-bond donors (Lipinski definition) is 1. The first kappa shape index (κ1) is 16.5. The summed E-state index contributed by atoms with van der Waals surface area (Å²) < 4.78 is 0. The van der Waals surface area contributed by atoms with Crippen molar-refractivity contribution in [3.05, 3.63) is 0 Å². The highest BCUT2D eigenvalue weighted by Gasteiger charge is 2.27. The number of hydrogen-bond acceptors (Lipinski definition) is 2. The molecule has 112 valence electrons. The third kappa shape index (κ3) is 5.94. The molecule has 0 aromatic carbocycles. The number of piperidine rings is 1. The van der Waals surface area contributed by atoms with E-state index in [4.69, 9.17) is 0 Å². The van der Waals surface area contributed by atoms with Crippen molar-refractivity contribution in [2.75, 3.05) is 19.6 Å². The number of carbonyl (C=O) groups excluding carboxylic acids is 1. The third-order valence-electron chi connectivity index (χ3n) is 4.16. The summed E-state index contributed by atoms with van der Waals surface area (Å²) in [4.78, 5) is 14.2. The van der Waals surface area contributed by atoms with Crippen LogP contribution in [-0.2, 0) is 4.79 Å². The summed E-state index contributed by atoms with van der Waals surface area (Å²) in [6, 6.07) is 0.601. The zero-order chi connectivity index (χ0) is 14.1. The van der Waals surface area contributed by atoms with Crippen LogP contribution in [0.2, 0.25) is 0 Å². The lowest BCUT2D eigenvalue weighted by atomic mass is 9.93. The van der Waals surface area contributed by atoms with Crippen molar-refractivity contribution in [2.24, 2.45) is 5.92 Å². The predicted molar refractivity (Wildman–Crippen MR) is 81.2 cm³/mol. The minimum Gasteiger partial charge on any atom is -0.342 e. The highest BCUT2D eigenvalue weighted by Crippen LogP contribution is 2.18. The van der Waals surface area contributed by atoms with Crippen LogP contribution in [-0.4, -0.2) is 36.5 Å². The smallest absolute Gasteiger partial charge is 0.222 e. The number of unbranched alkanes of at least 4 members (excludes halogenated alkanes) is 3. The molecule has 3 heteroatoms. The Labute approximate surface area is 119 Å². The molecule has 1 N–H and O–H groups in total. The van der Waals surface area contributed by atoms with Gasteiger partial charge in [0, 0.05) is 25.6 Å². The van der Waals surface area contributed by atoms with Gasteiger partial charge in [0.15, 0.2) is 0 Å². The van der Waals surface area contributed by atoms with Gasteiger partial charge >= 0.3 is 0 Å². The molecule has 1 heterocycles. The molecule has 1 aliphatic rings. The first-order valence-corrected chi connectivity index (χ1v) is 8.20. The van der Waals surface area contributed by atoms with Crippen molar-refractivity contribution >= 4 is 5.91 Å². The Morgan fingerprint density at radius 3 is 2.63 bits per heavy atom. The van der Waals surface area contributed by atoms with E-state index in [2.05, 4.69) is 31.0 Å². The van der Waals surface area contributed by atoms with E-state index in [1.807, 2.05) is 0 Å². The van der Waals surface area contributed by atoms with Gasteiger partial charge in [0.2, 0.25) is 5.91 Å². The second-order valence-electron chi connectivity index (χ2n) is 5.98. The van der Waals surface area contributed by atoms with Crippen molar-refractivity contribution in [3.8, 4) is 0 Å². The number of rotatable bonds is 8. The van der Waals surface area contributed by atoms with Crippen LogP contribution in [0.1, 0.15) is 65.7 Å². The molecule has 0 aromatic heterocycles. The van der Waals surface area contributed by atoms with E-state index >= 15 is 0 Å². The van der Waals surface area contributed by atoms with Gasteiger partial charge in [-0.05, 0) is 31.7 Å². The maximum absolute atomic E-state index is 12.1. The molecule has 2 unspecified atom stereocenters. The molecule has 2 atom stereocenters. The number of nitrogens with one attached hydrogen (secondary N) is 1. The lowest BCUT2D eigenvalue weighted by Gasteiger charge is -2.37. The summed E-state index contributed by atoms with van der Waals surface area (Å²) in [6.45, 7) is 9.65. The molecule has 0 bridgehead atoms.